The molecule has 0 unspecified atom stereocenters. The normalized spacial score (nSPS) is 14.1. The fourth-order valence-electron chi connectivity index (χ4n) is 2.74. The quantitative estimate of drug-likeness (QED) is 0.735. The Hall–Kier alpha value is -1.90. The van der Waals surface area contributed by atoms with Crippen LogP contribution < -0.4 is 5.56 Å². The highest BCUT2D eigenvalue weighted by molar-refractivity contribution is 6.02. The van der Waals surface area contributed by atoms with Crippen LogP contribution in [0.3, 0.4) is 0 Å². The molecule has 3 heteroatoms. The smallest absolute Gasteiger partial charge is 0.261 e. The molecule has 0 spiro atoms. The van der Waals surface area contributed by atoms with E-state index in [4.69, 9.17) is 0 Å². The maximum absolute atomic E-state index is 12.5. The summed E-state index contributed by atoms with van der Waals surface area (Å²) in [7, 11) is 0. The van der Waals surface area contributed by atoms with Crippen molar-refractivity contribution in [2.45, 2.75) is 33.7 Å². The lowest BCUT2D eigenvalue weighted by Crippen LogP contribution is -2.31. The van der Waals surface area contributed by atoms with E-state index in [9.17, 15) is 9.59 Å². The monoisotopic (exact) mass is 255 g/mol. The third-order valence-corrected chi connectivity index (χ3v) is 3.73. The molecule has 0 bridgehead atoms. The molecule has 2 aromatic rings. The molecule has 98 valence electrons. The van der Waals surface area contributed by atoms with Crippen molar-refractivity contribution in [3.63, 3.8) is 0 Å². The summed E-state index contributed by atoms with van der Waals surface area (Å²) < 4.78 is 1.75. The summed E-state index contributed by atoms with van der Waals surface area (Å²) in [6.07, 6.45) is 0.875. The first-order valence-electron chi connectivity index (χ1n) is 6.60. The summed E-state index contributed by atoms with van der Waals surface area (Å²) in [5.41, 5.74) is 1.84. The molecule has 0 saturated carbocycles. The van der Waals surface area contributed by atoms with Gasteiger partial charge in [-0.3, -0.25) is 9.59 Å². The molecular formula is C16H17NO2. The Labute approximate surface area is 111 Å². The molecule has 3 nitrogen and oxygen atoms in total. The minimum Gasteiger partial charge on any atom is -0.307 e. The Bertz CT molecular complexity index is 748. The van der Waals surface area contributed by atoms with Crippen molar-refractivity contribution in [2.75, 3.05) is 0 Å². The first-order valence-corrected chi connectivity index (χ1v) is 6.60. The molecule has 0 amide bonds. The van der Waals surface area contributed by atoms with Crippen LogP contribution in [0.4, 0.5) is 0 Å². The summed E-state index contributed by atoms with van der Waals surface area (Å²) in [6, 6.07) is 7.77. The summed E-state index contributed by atoms with van der Waals surface area (Å²) in [5, 5.41) is 0.988. The lowest BCUT2D eigenvalue weighted by Gasteiger charge is -2.17. The zero-order chi connectivity index (χ0) is 13.8. The lowest BCUT2D eigenvalue weighted by molar-refractivity contribution is 0.0856. The van der Waals surface area contributed by atoms with E-state index in [1.54, 1.807) is 10.6 Å². The molecule has 0 saturated heterocycles. The molecule has 0 radical (unpaired) electrons. The van der Waals surface area contributed by atoms with Crippen molar-refractivity contribution in [2.24, 2.45) is 5.41 Å². The number of hydrogen-bond donors (Lipinski definition) is 0. The number of carbonyl (C=O) groups is 1. The van der Waals surface area contributed by atoms with Crippen molar-refractivity contribution in [3.8, 4) is 0 Å². The van der Waals surface area contributed by atoms with E-state index >= 15 is 0 Å². The topological polar surface area (TPSA) is 39.1 Å². The van der Waals surface area contributed by atoms with Crippen LogP contribution in [0.15, 0.2) is 29.1 Å². The number of aryl methyl sites for hydroxylation is 2. The van der Waals surface area contributed by atoms with Crippen molar-refractivity contribution >= 4 is 16.7 Å². The van der Waals surface area contributed by atoms with E-state index < -0.39 is 5.41 Å². The summed E-state index contributed by atoms with van der Waals surface area (Å²) in [6.45, 7) is 6.22. The second-order valence-corrected chi connectivity index (χ2v) is 6.20. The number of rotatable bonds is 1. The zero-order valence-electron chi connectivity index (χ0n) is 11.5. The molecule has 1 aromatic heterocycles. The number of benzene rings is 1. The molecule has 1 aromatic carbocycles. The van der Waals surface area contributed by atoms with Gasteiger partial charge in [-0.15, -0.1) is 0 Å². The molecule has 1 aliphatic rings. The maximum atomic E-state index is 12.5. The van der Waals surface area contributed by atoms with Gasteiger partial charge in [0.25, 0.3) is 5.56 Å². The Kier molecular flexibility index (Phi) is 2.43. The number of carbonyl (C=O) groups excluding carboxylic acids is 1. The number of Topliss-reactive ketones (excluding diaryl/α,β-unsaturated/α-hetero) is 1. The Morgan fingerprint density at radius 3 is 2.68 bits per heavy atom. The van der Waals surface area contributed by atoms with E-state index in [0.717, 1.165) is 17.3 Å². The average molecular weight is 255 g/mol. The van der Waals surface area contributed by atoms with E-state index in [0.29, 0.717) is 12.1 Å². The van der Waals surface area contributed by atoms with Gasteiger partial charge in [0.1, 0.15) is 0 Å². The minimum absolute atomic E-state index is 0.0829. The lowest BCUT2D eigenvalue weighted by atomic mass is 9.86. The number of aromatic nitrogens is 1. The maximum Gasteiger partial charge on any atom is 0.261 e. The van der Waals surface area contributed by atoms with E-state index in [2.05, 4.69) is 6.07 Å². The van der Waals surface area contributed by atoms with Crippen LogP contribution in [0.25, 0.3) is 10.9 Å². The van der Waals surface area contributed by atoms with Crippen molar-refractivity contribution in [1.82, 2.24) is 4.57 Å². The van der Waals surface area contributed by atoms with E-state index in [1.165, 1.54) is 5.56 Å². The van der Waals surface area contributed by atoms with Crippen molar-refractivity contribution in [1.29, 1.82) is 0 Å². The number of ketones is 1. The summed E-state index contributed by atoms with van der Waals surface area (Å²) in [4.78, 5) is 24.9. The zero-order valence-corrected chi connectivity index (χ0v) is 11.5. The van der Waals surface area contributed by atoms with Gasteiger partial charge in [-0.2, -0.15) is 0 Å². The van der Waals surface area contributed by atoms with Gasteiger partial charge in [-0.1, -0.05) is 39.0 Å². The second-order valence-electron chi connectivity index (χ2n) is 6.20. The van der Waals surface area contributed by atoms with E-state index in [1.807, 2.05) is 32.9 Å². The SMILES string of the molecule is CC(C)(C)C(=O)c1cc2cccc3c2n(c1=O)CC3. The van der Waals surface area contributed by atoms with Gasteiger partial charge in [0.15, 0.2) is 5.78 Å². The highest BCUT2D eigenvalue weighted by Crippen LogP contribution is 2.26. The predicted molar refractivity (Wildman–Crippen MR) is 75.7 cm³/mol. The van der Waals surface area contributed by atoms with Gasteiger partial charge in [0.05, 0.1) is 11.1 Å². The molecule has 2 heterocycles. The van der Waals surface area contributed by atoms with Crippen molar-refractivity contribution < 1.29 is 4.79 Å². The van der Waals surface area contributed by atoms with Gasteiger partial charge in [-0.25, -0.2) is 0 Å². The van der Waals surface area contributed by atoms with Gasteiger partial charge in [0, 0.05) is 12.0 Å². The first kappa shape index (κ1) is 12.2. The van der Waals surface area contributed by atoms with Crippen LogP contribution in [0.5, 0.6) is 0 Å². The summed E-state index contributed by atoms with van der Waals surface area (Å²) in [5.74, 6) is -0.0829. The van der Waals surface area contributed by atoms with Crippen LogP contribution >= 0.6 is 0 Å². The number of nitrogens with zero attached hydrogens (tertiary/aromatic N) is 1. The van der Waals surface area contributed by atoms with Crippen LogP contribution in [-0.4, -0.2) is 10.4 Å². The van der Waals surface area contributed by atoms with E-state index in [-0.39, 0.29) is 11.3 Å². The number of hydrogen-bond acceptors (Lipinski definition) is 2. The Balaban J connectivity index is 2.35. The molecule has 0 N–H and O–H groups in total. The van der Waals surface area contributed by atoms with Crippen LogP contribution in [-0.2, 0) is 13.0 Å². The number of para-hydroxylation sites is 1. The van der Waals surface area contributed by atoms with Crippen LogP contribution in [0.1, 0.15) is 36.7 Å². The highest BCUT2D eigenvalue weighted by Gasteiger charge is 2.28. The van der Waals surface area contributed by atoms with Gasteiger partial charge >= 0.3 is 0 Å². The fraction of sp³-hybridized carbons (Fsp3) is 0.375. The van der Waals surface area contributed by atoms with Crippen molar-refractivity contribution in [3.05, 3.63) is 45.7 Å². The van der Waals surface area contributed by atoms with Gasteiger partial charge in [-0.05, 0) is 23.4 Å². The standard InChI is InChI=1S/C16H17NO2/c1-16(2,3)14(18)12-9-11-6-4-5-10-7-8-17(13(10)11)15(12)19/h4-6,9H,7-8H2,1-3H3. The number of pyridine rings is 1. The van der Waals surface area contributed by atoms with Crippen LogP contribution in [0.2, 0.25) is 0 Å². The van der Waals surface area contributed by atoms with Gasteiger partial charge in [0.2, 0.25) is 0 Å². The molecule has 0 atom stereocenters. The Morgan fingerprint density at radius 2 is 2.00 bits per heavy atom. The third kappa shape index (κ3) is 1.72. The second kappa shape index (κ2) is 3.80. The average Bonchev–Trinajstić information content (AvgIpc) is 2.77. The molecule has 3 rings (SSSR count). The first-order chi connectivity index (χ1) is 8.89. The third-order valence-electron chi connectivity index (χ3n) is 3.73. The predicted octanol–water partition coefficient (Wildman–Crippen LogP) is 2.79. The largest absolute Gasteiger partial charge is 0.307 e. The molecule has 0 fully saturated rings. The molecule has 0 aliphatic carbocycles. The Morgan fingerprint density at radius 1 is 1.26 bits per heavy atom. The fourth-order valence-corrected chi connectivity index (χ4v) is 2.74. The van der Waals surface area contributed by atoms with Crippen LogP contribution in [0, 0.1) is 5.41 Å². The van der Waals surface area contributed by atoms with Gasteiger partial charge < -0.3 is 4.57 Å². The summed E-state index contributed by atoms with van der Waals surface area (Å²) >= 11 is 0. The molecule has 1 aliphatic heterocycles. The molecular weight excluding hydrogens is 238 g/mol. The highest BCUT2D eigenvalue weighted by atomic mass is 16.1. The minimum atomic E-state index is -0.531. The molecule has 19 heavy (non-hydrogen) atoms.